The van der Waals surface area contributed by atoms with Crippen molar-refractivity contribution >= 4 is 35.2 Å². The molecule has 3 fully saturated rings. The van der Waals surface area contributed by atoms with E-state index in [4.69, 9.17) is 19.2 Å². The maximum atomic E-state index is 14.7. The van der Waals surface area contributed by atoms with E-state index in [2.05, 4.69) is 27.7 Å². The van der Waals surface area contributed by atoms with Crippen LogP contribution in [0.15, 0.2) is 54.9 Å². The molecule has 18 nitrogen and oxygen atoms in total. The lowest BCUT2D eigenvalue weighted by molar-refractivity contribution is -0.155. The Morgan fingerprint density at radius 3 is 2.62 bits per heavy atom. The van der Waals surface area contributed by atoms with Crippen LogP contribution in [0, 0.1) is 29.2 Å². The average molecular weight is 946 g/mol. The molecule has 0 aliphatic carbocycles. The number of imidazole rings is 1. The third-order valence-electron chi connectivity index (χ3n) is 13.3. The molecule has 0 spiro atoms. The van der Waals surface area contributed by atoms with Gasteiger partial charge < -0.3 is 43.7 Å². The summed E-state index contributed by atoms with van der Waals surface area (Å²) in [6.45, 7) is 11.2. The molecule has 3 aromatic heterocycles. The fraction of sp³-hybridized carbons (Fsp3) is 0.510. The van der Waals surface area contributed by atoms with Gasteiger partial charge in [0.2, 0.25) is 11.8 Å². The van der Waals surface area contributed by atoms with Crippen molar-refractivity contribution in [2.24, 2.45) is 17.3 Å². The second kappa shape index (κ2) is 21.0. The fourth-order valence-corrected chi connectivity index (χ4v) is 9.76. The fourth-order valence-electron chi connectivity index (χ4n) is 9.76. The molecule has 7 heterocycles. The zero-order valence-electron chi connectivity index (χ0n) is 40.3. The number of likely N-dealkylation sites (N-methyl/N-ethyl adjacent to an activating group) is 1. The number of phenolic OH excluding ortho intramolecular Hbond substituents is 1. The SMILES string of the molecule is COCc1ncccc1-c1nc2ccc3cn2c1CC(C)(C)COC(=O)[C@@H]1CCCN(N1)C(=O)[C@@H](NC(=O)C(C(C)C)N(C)C(=O)[C@H]1CCN(C(=O)C#CN2CCOCC2)C1)Cc1cc(O)cc-3c1. The monoisotopic (exact) mass is 945 g/mol. The molecule has 6 bridgehead atoms. The van der Waals surface area contributed by atoms with Crippen LogP contribution in [-0.2, 0) is 57.6 Å². The van der Waals surface area contributed by atoms with Crippen molar-refractivity contribution in [2.75, 3.05) is 66.7 Å². The number of nitrogens with one attached hydrogen (secondary N) is 2. The van der Waals surface area contributed by atoms with E-state index in [9.17, 15) is 29.1 Å². The molecule has 1 unspecified atom stereocenters. The molecule has 366 valence electrons. The second-order valence-corrected chi connectivity index (χ2v) is 19.6. The van der Waals surface area contributed by atoms with Crippen molar-refractivity contribution in [3.8, 4) is 40.1 Å². The summed E-state index contributed by atoms with van der Waals surface area (Å²) in [6.07, 6.45) is 5.43. The van der Waals surface area contributed by atoms with Crippen LogP contribution in [0.3, 0.4) is 0 Å². The molecular weight excluding hydrogens is 883 g/mol. The number of benzene rings is 1. The number of phenols is 1. The summed E-state index contributed by atoms with van der Waals surface area (Å²) in [6, 6.07) is 12.7. The molecule has 4 amide bonds. The Kier molecular flexibility index (Phi) is 14.9. The number of hydrazine groups is 1. The largest absolute Gasteiger partial charge is 0.508 e. The van der Waals surface area contributed by atoms with E-state index >= 15 is 0 Å². The van der Waals surface area contributed by atoms with Gasteiger partial charge in [0.15, 0.2) is 0 Å². The number of aromatic nitrogens is 3. The van der Waals surface area contributed by atoms with Crippen LogP contribution in [0.2, 0.25) is 0 Å². The Morgan fingerprint density at radius 2 is 1.86 bits per heavy atom. The van der Waals surface area contributed by atoms with E-state index in [1.807, 2.05) is 73.5 Å². The topological polar surface area (TPSA) is 200 Å². The summed E-state index contributed by atoms with van der Waals surface area (Å²) in [4.78, 5) is 84.9. The summed E-state index contributed by atoms with van der Waals surface area (Å²) in [7, 11) is 3.20. The average Bonchev–Trinajstić information content (AvgIpc) is 3.97. The summed E-state index contributed by atoms with van der Waals surface area (Å²) in [5.74, 6) is -0.453. The van der Waals surface area contributed by atoms with Crippen LogP contribution in [0.4, 0.5) is 0 Å². The lowest BCUT2D eigenvalue weighted by Gasteiger charge is -2.37. The van der Waals surface area contributed by atoms with Crippen molar-refractivity contribution in [1.82, 2.24) is 44.8 Å². The lowest BCUT2D eigenvalue weighted by Crippen LogP contribution is -2.62. The number of likely N-dealkylation sites (tertiary alicyclic amines) is 1. The maximum Gasteiger partial charge on any atom is 0.324 e. The van der Waals surface area contributed by atoms with Crippen LogP contribution in [0.5, 0.6) is 5.75 Å². The minimum absolute atomic E-state index is 0.0346. The predicted octanol–water partition coefficient (Wildman–Crippen LogP) is 3.19. The van der Waals surface area contributed by atoms with Gasteiger partial charge in [-0.1, -0.05) is 33.8 Å². The van der Waals surface area contributed by atoms with Crippen molar-refractivity contribution in [3.63, 3.8) is 0 Å². The van der Waals surface area contributed by atoms with Crippen LogP contribution in [0.1, 0.15) is 63.9 Å². The smallest absolute Gasteiger partial charge is 0.324 e. The highest BCUT2D eigenvalue weighted by atomic mass is 16.5. The van der Waals surface area contributed by atoms with Crippen LogP contribution >= 0.6 is 0 Å². The Hall–Kier alpha value is -6.55. The number of fused-ring (bicyclic) bond motifs is 6. The standard InChI is InChI=1S/C51H63N9O9/c1-32(2)46(56(5)48(64)35-13-18-58(28-35)44(62)14-17-57-19-21-68-22-20-57)47(63)53-40-25-33-23-36(26-37(61)24-33)34-11-12-43-54-45(38-9-7-15-52-41(38)30-67-6)42(59(43)29-34)27-51(3,4)31-69-50(66)39-10-8-16-60(55-39)49(40)65/h7,9,11-12,15,23-24,26,29,32,35,39-40,46,55,61H,8,10,13,16,18-22,25,27-28,30-31H2,1-6H3,(H,53,63)/t35-,39-,40-,46?/m0/s1. The molecule has 0 radical (unpaired) electrons. The number of amides is 4. The third-order valence-corrected chi connectivity index (χ3v) is 13.3. The second-order valence-electron chi connectivity index (χ2n) is 19.6. The number of aromatic hydroxyl groups is 1. The summed E-state index contributed by atoms with van der Waals surface area (Å²) in [5.41, 5.74) is 8.30. The zero-order chi connectivity index (χ0) is 49.0. The molecular formula is C51H63N9O9. The number of methoxy groups -OCH3 is 1. The van der Waals surface area contributed by atoms with Gasteiger partial charge in [-0.3, -0.25) is 34.0 Å². The van der Waals surface area contributed by atoms with Crippen molar-refractivity contribution in [1.29, 1.82) is 0 Å². The molecule has 8 rings (SSSR count). The number of hydrogen-bond donors (Lipinski definition) is 3. The minimum Gasteiger partial charge on any atom is -0.508 e. The van der Waals surface area contributed by atoms with Gasteiger partial charge in [-0.25, -0.2) is 10.4 Å². The van der Waals surface area contributed by atoms with Crippen molar-refractivity contribution in [3.05, 3.63) is 71.8 Å². The van der Waals surface area contributed by atoms with E-state index < -0.39 is 47.2 Å². The lowest BCUT2D eigenvalue weighted by atomic mass is 9.87. The number of carbonyl (C=O) groups excluding carboxylic acids is 5. The highest BCUT2D eigenvalue weighted by molar-refractivity contribution is 5.95. The summed E-state index contributed by atoms with van der Waals surface area (Å²) in [5, 5.41) is 15.6. The van der Waals surface area contributed by atoms with Crippen molar-refractivity contribution < 1.29 is 43.3 Å². The number of nitrogens with zero attached hydrogens (tertiary/aromatic N) is 7. The van der Waals surface area contributed by atoms with Crippen LogP contribution in [0.25, 0.3) is 28.0 Å². The number of carbonyl (C=O) groups is 5. The Balaban J connectivity index is 1.10. The third kappa shape index (κ3) is 11.2. The molecule has 3 N–H and O–H groups in total. The first kappa shape index (κ1) is 48.9. The quantitative estimate of drug-likeness (QED) is 0.172. The van der Waals surface area contributed by atoms with Gasteiger partial charge in [-0.05, 0) is 84.7 Å². The molecule has 69 heavy (non-hydrogen) atoms. The minimum atomic E-state index is -1.19. The number of rotatable bonds is 8. The van der Waals surface area contributed by atoms with Gasteiger partial charge in [0.25, 0.3) is 11.8 Å². The van der Waals surface area contributed by atoms with Gasteiger partial charge in [0, 0.05) is 88.6 Å². The Bertz CT molecular complexity index is 2650. The highest BCUT2D eigenvalue weighted by Gasteiger charge is 2.40. The Labute approximate surface area is 402 Å². The molecule has 3 saturated heterocycles. The zero-order valence-corrected chi connectivity index (χ0v) is 40.3. The normalized spacial score (nSPS) is 21.3. The van der Waals surface area contributed by atoms with Gasteiger partial charge in [-0.2, -0.15) is 0 Å². The number of hydrogen-bond acceptors (Lipinski definition) is 13. The number of morpholine rings is 1. The van der Waals surface area contributed by atoms with Gasteiger partial charge in [0.05, 0.1) is 49.4 Å². The van der Waals surface area contributed by atoms with Gasteiger partial charge >= 0.3 is 5.97 Å². The molecule has 18 heteroatoms. The summed E-state index contributed by atoms with van der Waals surface area (Å²) >= 11 is 0. The van der Waals surface area contributed by atoms with E-state index in [1.165, 1.54) is 9.91 Å². The number of esters is 1. The van der Waals surface area contributed by atoms with E-state index in [0.29, 0.717) is 75.3 Å². The van der Waals surface area contributed by atoms with Gasteiger partial charge in [-0.15, -0.1) is 0 Å². The number of pyridine rings is 2. The van der Waals surface area contributed by atoms with Crippen LogP contribution < -0.4 is 10.7 Å². The first-order valence-electron chi connectivity index (χ1n) is 23.8. The summed E-state index contributed by atoms with van der Waals surface area (Å²) < 4.78 is 18.9. The Morgan fingerprint density at radius 1 is 1.06 bits per heavy atom. The van der Waals surface area contributed by atoms with E-state index in [1.54, 1.807) is 37.4 Å². The first-order valence-corrected chi connectivity index (χ1v) is 23.8. The van der Waals surface area contributed by atoms with E-state index in [0.717, 1.165) is 28.2 Å². The molecule has 1 aromatic carbocycles. The predicted molar refractivity (Wildman–Crippen MR) is 254 cm³/mol. The molecule has 4 aromatic rings. The van der Waals surface area contributed by atoms with E-state index in [-0.39, 0.29) is 56.2 Å². The molecule has 0 saturated carbocycles. The first-order chi connectivity index (χ1) is 33.1. The number of cyclic esters (lactones) is 1. The number of ether oxygens (including phenoxy) is 3. The molecule has 4 aliphatic rings. The van der Waals surface area contributed by atoms with Crippen molar-refractivity contribution in [2.45, 2.75) is 84.5 Å². The van der Waals surface area contributed by atoms with Crippen LogP contribution in [-0.4, -0.2) is 154 Å². The molecule has 4 aliphatic heterocycles. The highest BCUT2D eigenvalue weighted by Crippen LogP contribution is 2.35. The van der Waals surface area contributed by atoms with Gasteiger partial charge in [0.1, 0.15) is 29.5 Å². The maximum absolute atomic E-state index is 14.7. The molecule has 4 atom stereocenters.